The number of hydrogen-bond donors (Lipinski definition) is 1. The van der Waals surface area contributed by atoms with Gasteiger partial charge in [0.05, 0.1) is 0 Å². The second-order valence-electron chi connectivity index (χ2n) is 7.00. The standard InChI is InChI=1S/C18H30N2/c1-14-9-15(2)11-18(10-14)19-12-16-7-5-6-8-17(16)13-20(3)4/h5-8,14-15,18-19H,9-13H2,1-4H3. The van der Waals surface area contributed by atoms with E-state index in [1.54, 1.807) is 0 Å². The van der Waals surface area contributed by atoms with E-state index in [4.69, 9.17) is 0 Å². The van der Waals surface area contributed by atoms with Crippen LogP contribution in [-0.4, -0.2) is 25.0 Å². The molecule has 1 aliphatic carbocycles. The lowest BCUT2D eigenvalue weighted by atomic mass is 9.80. The fraction of sp³-hybridized carbons (Fsp3) is 0.667. The summed E-state index contributed by atoms with van der Waals surface area (Å²) in [6, 6.07) is 9.51. The van der Waals surface area contributed by atoms with Crippen LogP contribution in [0.15, 0.2) is 24.3 Å². The van der Waals surface area contributed by atoms with E-state index < -0.39 is 0 Å². The smallest absolute Gasteiger partial charge is 0.0230 e. The van der Waals surface area contributed by atoms with E-state index in [-0.39, 0.29) is 0 Å². The molecule has 2 heteroatoms. The molecule has 2 unspecified atom stereocenters. The fourth-order valence-electron chi connectivity index (χ4n) is 3.59. The quantitative estimate of drug-likeness (QED) is 0.881. The number of benzene rings is 1. The summed E-state index contributed by atoms with van der Waals surface area (Å²) in [5, 5.41) is 3.79. The summed E-state index contributed by atoms with van der Waals surface area (Å²) >= 11 is 0. The summed E-state index contributed by atoms with van der Waals surface area (Å²) in [6.45, 7) is 6.82. The maximum atomic E-state index is 3.79. The summed E-state index contributed by atoms with van der Waals surface area (Å²) < 4.78 is 0. The van der Waals surface area contributed by atoms with Gasteiger partial charge in [0.2, 0.25) is 0 Å². The largest absolute Gasteiger partial charge is 0.310 e. The molecule has 1 N–H and O–H groups in total. The third-order valence-corrected chi connectivity index (χ3v) is 4.36. The molecule has 20 heavy (non-hydrogen) atoms. The molecule has 1 saturated carbocycles. The zero-order chi connectivity index (χ0) is 14.5. The lowest BCUT2D eigenvalue weighted by molar-refractivity contribution is 0.238. The summed E-state index contributed by atoms with van der Waals surface area (Å²) in [6.07, 6.45) is 4.07. The third-order valence-electron chi connectivity index (χ3n) is 4.36. The molecule has 0 spiro atoms. The first-order valence-electron chi connectivity index (χ1n) is 7.99. The zero-order valence-corrected chi connectivity index (χ0v) is 13.5. The molecule has 1 aromatic rings. The van der Waals surface area contributed by atoms with Gasteiger partial charge in [0.15, 0.2) is 0 Å². The molecule has 2 atom stereocenters. The van der Waals surface area contributed by atoms with Crippen molar-refractivity contribution >= 4 is 0 Å². The molecule has 0 aromatic heterocycles. The average molecular weight is 274 g/mol. The van der Waals surface area contributed by atoms with E-state index in [1.165, 1.54) is 30.4 Å². The summed E-state index contributed by atoms with van der Waals surface area (Å²) in [7, 11) is 4.27. The first kappa shape index (κ1) is 15.5. The highest BCUT2D eigenvalue weighted by Gasteiger charge is 2.23. The topological polar surface area (TPSA) is 15.3 Å². The van der Waals surface area contributed by atoms with Crippen LogP contribution in [0.1, 0.15) is 44.2 Å². The second kappa shape index (κ2) is 7.24. The zero-order valence-electron chi connectivity index (χ0n) is 13.5. The van der Waals surface area contributed by atoms with Gasteiger partial charge in [-0.1, -0.05) is 38.1 Å². The number of rotatable bonds is 5. The van der Waals surface area contributed by atoms with E-state index in [1.807, 2.05) is 0 Å². The summed E-state index contributed by atoms with van der Waals surface area (Å²) in [4.78, 5) is 2.24. The maximum Gasteiger partial charge on any atom is 0.0230 e. The van der Waals surface area contributed by atoms with E-state index >= 15 is 0 Å². The Kier molecular flexibility index (Phi) is 5.62. The molecular formula is C18H30N2. The molecule has 1 aliphatic rings. The van der Waals surface area contributed by atoms with Crippen LogP contribution in [-0.2, 0) is 13.1 Å². The highest BCUT2D eigenvalue weighted by Crippen LogP contribution is 2.28. The molecule has 1 aromatic carbocycles. The van der Waals surface area contributed by atoms with Gasteiger partial charge in [-0.3, -0.25) is 0 Å². The van der Waals surface area contributed by atoms with Crippen molar-refractivity contribution in [1.29, 1.82) is 0 Å². The van der Waals surface area contributed by atoms with E-state index in [9.17, 15) is 0 Å². The van der Waals surface area contributed by atoms with Gasteiger partial charge >= 0.3 is 0 Å². The highest BCUT2D eigenvalue weighted by molar-refractivity contribution is 5.27. The monoisotopic (exact) mass is 274 g/mol. The molecule has 2 nitrogen and oxygen atoms in total. The van der Waals surface area contributed by atoms with Crippen molar-refractivity contribution in [3.63, 3.8) is 0 Å². The van der Waals surface area contributed by atoms with E-state index in [2.05, 4.69) is 62.4 Å². The first-order chi connectivity index (χ1) is 9.54. The molecule has 112 valence electrons. The van der Waals surface area contributed by atoms with Crippen molar-refractivity contribution in [1.82, 2.24) is 10.2 Å². The van der Waals surface area contributed by atoms with Crippen LogP contribution < -0.4 is 5.32 Å². The highest BCUT2D eigenvalue weighted by atomic mass is 15.0. The SMILES string of the molecule is CC1CC(C)CC(NCc2ccccc2CN(C)C)C1. The predicted octanol–water partition coefficient (Wildman–Crippen LogP) is 3.66. The summed E-state index contributed by atoms with van der Waals surface area (Å²) in [5.41, 5.74) is 2.90. The molecule has 0 bridgehead atoms. The van der Waals surface area contributed by atoms with Crippen molar-refractivity contribution in [3.05, 3.63) is 35.4 Å². The Labute approximate surface area is 124 Å². The van der Waals surface area contributed by atoms with E-state index in [0.29, 0.717) is 6.04 Å². The van der Waals surface area contributed by atoms with Gasteiger partial charge < -0.3 is 10.2 Å². The Morgan fingerprint density at radius 1 is 1.00 bits per heavy atom. The fourth-order valence-corrected chi connectivity index (χ4v) is 3.59. The lowest BCUT2D eigenvalue weighted by Gasteiger charge is -2.32. The van der Waals surface area contributed by atoms with Crippen LogP contribution in [0.3, 0.4) is 0 Å². The van der Waals surface area contributed by atoms with Crippen LogP contribution in [0.5, 0.6) is 0 Å². The molecular weight excluding hydrogens is 244 g/mol. The third kappa shape index (κ3) is 4.60. The van der Waals surface area contributed by atoms with Gasteiger partial charge in [0.25, 0.3) is 0 Å². The number of nitrogens with one attached hydrogen (secondary N) is 1. The van der Waals surface area contributed by atoms with Gasteiger partial charge in [0, 0.05) is 19.1 Å². The van der Waals surface area contributed by atoms with Gasteiger partial charge in [-0.25, -0.2) is 0 Å². The normalized spacial score (nSPS) is 26.9. The van der Waals surface area contributed by atoms with Crippen LogP contribution in [0, 0.1) is 11.8 Å². The second-order valence-corrected chi connectivity index (χ2v) is 7.00. The molecule has 0 saturated heterocycles. The number of nitrogens with zero attached hydrogens (tertiary/aromatic N) is 1. The predicted molar refractivity (Wildman–Crippen MR) is 86.6 cm³/mol. The van der Waals surface area contributed by atoms with Gasteiger partial charge in [0.1, 0.15) is 0 Å². The minimum absolute atomic E-state index is 0.696. The Balaban J connectivity index is 1.93. The van der Waals surface area contributed by atoms with Gasteiger partial charge in [-0.15, -0.1) is 0 Å². The lowest BCUT2D eigenvalue weighted by Crippen LogP contribution is -2.36. The maximum absolute atomic E-state index is 3.79. The Morgan fingerprint density at radius 2 is 1.60 bits per heavy atom. The molecule has 0 aliphatic heterocycles. The van der Waals surface area contributed by atoms with Crippen LogP contribution >= 0.6 is 0 Å². The average Bonchev–Trinajstić information content (AvgIpc) is 2.36. The minimum Gasteiger partial charge on any atom is -0.310 e. The van der Waals surface area contributed by atoms with Crippen LogP contribution in [0.2, 0.25) is 0 Å². The Hall–Kier alpha value is -0.860. The van der Waals surface area contributed by atoms with E-state index in [0.717, 1.165) is 24.9 Å². The summed E-state index contributed by atoms with van der Waals surface area (Å²) in [5.74, 6) is 1.74. The molecule has 1 fully saturated rings. The molecule has 0 radical (unpaired) electrons. The van der Waals surface area contributed by atoms with Gasteiger partial charge in [-0.05, 0) is 56.3 Å². The molecule has 0 amide bonds. The Bertz CT molecular complexity index is 404. The minimum atomic E-state index is 0.696. The first-order valence-corrected chi connectivity index (χ1v) is 7.99. The van der Waals surface area contributed by atoms with Crippen molar-refractivity contribution in [2.45, 2.75) is 52.2 Å². The van der Waals surface area contributed by atoms with Crippen molar-refractivity contribution in [3.8, 4) is 0 Å². The molecule has 2 rings (SSSR count). The van der Waals surface area contributed by atoms with Crippen molar-refractivity contribution < 1.29 is 0 Å². The van der Waals surface area contributed by atoms with Crippen molar-refractivity contribution in [2.24, 2.45) is 11.8 Å². The van der Waals surface area contributed by atoms with Crippen LogP contribution in [0.4, 0.5) is 0 Å². The molecule has 0 heterocycles. The van der Waals surface area contributed by atoms with Crippen LogP contribution in [0.25, 0.3) is 0 Å². The van der Waals surface area contributed by atoms with Crippen molar-refractivity contribution in [2.75, 3.05) is 14.1 Å². The number of hydrogen-bond acceptors (Lipinski definition) is 2. The Morgan fingerprint density at radius 3 is 2.20 bits per heavy atom. The van der Waals surface area contributed by atoms with Gasteiger partial charge in [-0.2, -0.15) is 0 Å².